The van der Waals surface area contributed by atoms with Gasteiger partial charge in [-0.05, 0) is 38.3 Å². The second-order valence-corrected chi connectivity index (χ2v) is 9.49. The first kappa shape index (κ1) is 20.4. The normalized spacial score (nSPS) is 23.0. The minimum atomic E-state index is -3.88. The van der Waals surface area contributed by atoms with Gasteiger partial charge in [0.05, 0.1) is 27.8 Å². The molecule has 2 aliphatic rings. The van der Waals surface area contributed by atoms with Gasteiger partial charge in [-0.2, -0.15) is 5.26 Å². The lowest BCUT2D eigenvalue weighted by molar-refractivity contribution is -0.125. The summed E-state index contributed by atoms with van der Waals surface area (Å²) in [5, 5.41) is 10.9. The predicted molar refractivity (Wildman–Crippen MR) is 100 cm³/mol. The van der Waals surface area contributed by atoms with E-state index in [-0.39, 0.29) is 29.5 Å². The standard InChI is InChI=1S/C18H20ClN3O5S/c1-2-27-17(24)22-10-12(28(25,26)15-6-4-3-5-13(15)19)9-14(22)16(23)21-18(11-20)7-8-18/h3-6,12,14H,2,7-10H2,1H3,(H,21,23)/t12-,14+/m1/s1. The lowest BCUT2D eigenvalue weighted by atomic mass is 10.2. The van der Waals surface area contributed by atoms with Crippen molar-refractivity contribution >= 4 is 33.4 Å². The Hall–Kier alpha value is -2.31. The van der Waals surface area contributed by atoms with Crippen LogP contribution in [-0.4, -0.2) is 55.3 Å². The molecule has 3 rings (SSSR count). The number of hydrogen-bond donors (Lipinski definition) is 1. The van der Waals surface area contributed by atoms with Gasteiger partial charge in [0.2, 0.25) is 5.91 Å². The average molecular weight is 426 g/mol. The van der Waals surface area contributed by atoms with E-state index in [1.54, 1.807) is 19.1 Å². The van der Waals surface area contributed by atoms with E-state index < -0.39 is 38.7 Å². The topological polar surface area (TPSA) is 117 Å². The fourth-order valence-corrected chi connectivity index (χ4v) is 5.46. The Labute approximate surface area is 168 Å². The molecule has 2 atom stereocenters. The number of carbonyl (C=O) groups is 2. The zero-order chi connectivity index (χ0) is 20.5. The average Bonchev–Trinajstić information content (AvgIpc) is 3.27. The van der Waals surface area contributed by atoms with Crippen LogP contribution in [0, 0.1) is 11.3 Å². The van der Waals surface area contributed by atoms with Crippen molar-refractivity contribution in [1.82, 2.24) is 10.2 Å². The van der Waals surface area contributed by atoms with Gasteiger partial charge >= 0.3 is 6.09 Å². The van der Waals surface area contributed by atoms with E-state index in [9.17, 15) is 23.3 Å². The summed E-state index contributed by atoms with van der Waals surface area (Å²) in [7, 11) is -3.88. The number of likely N-dealkylation sites (tertiary alicyclic amines) is 1. The maximum absolute atomic E-state index is 13.1. The van der Waals surface area contributed by atoms with Gasteiger partial charge in [-0.15, -0.1) is 0 Å². The first-order valence-electron chi connectivity index (χ1n) is 8.89. The van der Waals surface area contributed by atoms with Crippen molar-refractivity contribution in [2.75, 3.05) is 13.2 Å². The summed E-state index contributed by atoms with van der Waals surface area (Å²) in [5.74, 6) is -0.552. The van der Waals surface area contributed by atoms with Crippen molar-refractivity contribution in [1.29, 1.82) is 5.26 Å². The molecule has 1 aliphatic carbocycles. The van der Waals surface area contributed by atoms with Crippen LogP contribution in [0.1, 0.15) is 26.2 Å². The molecule has 0 aromatic heterocycles. The van der Waals surface area contributed by atoms with Crippen LogP contribution in [0.5, 0.6) is 0 Å². The van der Waals surface area contributed by atoms with Gasteiger partial charge in [0.1, 0.15) is 11.6 Å². The molecule has 10 heteroatoms. The van der Waals surface area contributed by atoms with E-state index in [0.717, 1.165) is 4.90 Å². The quantitative estimate of drug-likeness (QED) is 0.769. The summed E-state index contributed by atoms with van der Waals surface area (Å²) in [6.45, 7) is 1.52. The molecule has 1 heterocycles. The van der Waals surface area contributed by atoms with Crippen molar-refractivity contribution in [2.45, 2.75) is 47.9 Å². The molecular weight excluding hydrogens is 406 g/mol. The van der Waals surface area contributed by atoms with E-state index in [1.165, 1.54) is 12.1 Å². The molecule has 0 radical (unpaired) electrons. The monoisotopic (exact) mass is 425 g/mol. The van der Waals surface area contributed by atoms with Crippen LogP contribution < -0.4 is 5.32 Å². The van der Waals surface area contributed by atoms with Gasteiger partial charge in [-0.1, -0.05) is 23.7 Å². The molecule has 2 amide bonds. The smallest absolute Gasteiger partial charge is 0.410 e. The lowest BCUT2D eigenvalue weighted by Gasteiger charge is -2.23. The number of nitriles is 1. The third-order valence-corrected chi connectivity index (χ3v) is 7.61. The van der Waals surface area contributed by atoms with Crippen LogP contribution in [0.4, 0.5) is 4.79 Å². The minimum absolute atomic E-state index is 0.0396. The zero-order valence-electron chi connectivity index (χ0n) is 15.2. The number of benzene rings is 1. The van der Waals surface area contributed by atoms with Crippen LogP contribution in [0.15, 0.2) is 29.2 Å². The highest BCUT2D eigenvalue weighted by molar-refractivity contribution is 7.92. The first-order valence-corrected chi connectivity index (χ1v) is 10.8. The van der Waals surface area contributed by atoms with Crippen molar-refractivity contribution in [2.24, 2.45) is 0 Å². The molecule has 1 saturated carbocycles. The SMILES string of the molecule is CCOC(=O)N1C[C@H](S(=O)(=O)c2ccccc2Cl)C[C@H]1C(=O)NC1(C#N)CC1. The number of amides is 2. The fourth-order valence-electron chi connectivity index (χ4n) is 3.24. The van der Waals surface area contributed by atoms with Crippen molar-refractivity contribution < 1.29 is 22.7 Å². The van der Waals surface area contributed by atoms with Gasteiger partial charge < -0.3 is 10.1 Å². The number of halogens is 1. The van der Waals surface area contributed by atoms with Gasteiger partial charge in [-0.25, -0.2) is 13.2 Å². The molecule has 0 spiro atoms. The Morgan fingerprint density at radius 1 is 1.39 bits per heavy atom. The number of nitrogens with zero attached hydrogens (tertiary/aromatic N) is 2. The number of ether oxygens (including phenoxy) is 1. The third-order valence-electron chi connectivity index (χ3n) is 4.98. The summed E-state index contributed by atoms with van der Waals surface area (Å²) in [6.07, 6.45) is 0.201. The van der Waals surface area contributed by atoms with Crippen molar-refractivity contribution in [3.63, 3.8) is 0 Å². The molecule has 1 saturated heterocycles. The Kier molecular flexibility index (Phi) is 5.55. The highest BCUT2D eigenvalue weighted by Gasteiger charge is 2.50. The Bertz CT molecular complexity index is 939. The summed E-state index contributed by atoms with van der Waals surface area (Å²) in [5.41, 5.74) is -0.920. The number of hydrogen-bond acceptors (Lipinski definition) is 6. The van der Waals surface area contributed by atoms with Crippen LogP contribution in [0.3, 0.4) is 0 Å². The highest BCUT2D eigenvalue weighted by atomic mass is 35.5. The molecule has 8 nitrogen and oxygen atoms in total. The summed E-state index contributed by atoms with van der Waals surface area (Å²) < 4.78 is 31.1. The maximum atomic E-state index is 13.1. The van der Waals surface area contributed by atoms with Crippen LogP contribution in [0.2, 0.25) is 5.02 Å². The van der Waals surface area contributed by atoms with Crippen LogP contribution in [-0.2, 0) is 19.4 Å². The fraction of sp³-hybridized carbons (Fsp3) is 0.500. The van der Waals surface area contributed by atoms with E-state index in [2.05, 4.69) is 5.32 Å². The second kappa shape index (κ2) is 7.60. The number of rotatable bonds is 5. The van der Waals surface area contributed by atoms with E-state index in [0.29, 0.717) is 12.8 Å². The van der Waals surface area contributed by atoms with E-state index in [4.69, 9.17) is 16.3 Å². The molecule has 1 aromatic rings. The molecule has 150 valence electrons. The van der Waals surface area contributed by atoms with Crippen molar-refractivity contribution in [3.8, 4) is 6.07 Å². The third kappa shape index (κ3) is 3.80. The predicted octanol–water partition coefficient (Wildman–Crippen LogP) is 1.89. The van der Waals surface area contributed by atoms with E-state index >= 15 is 0 Å². The lowest BCUT2D eigenvalue weighted by Crippen LogP contribution is -2.49. The second-order valence-electron chi connectivity index (χ2n) is 6.88. The van der Waals surface area contributed by atoms with Gasteiger partial charge in [-0.3, -0.25) is 9.69 Å². The number of carbonyl (C=O) groups excluding carboxylic acids is 2. The Morgan fingerprint density at radius 2 is 2.07 bits per heavy atom. The molecular formula is C18H20ClN3O5S. The molecule has 28 heavy (non-hydrogen) atoms. The molecule has 1 N–H and O–H groups in total. The van der Waals surface area contributed by atoms with Crippen LogP contribution in [0.25, 0.3) is 0 Å². The van der Waals surface area contributed by atoms with Gasteiger partial charge in [0, 0.05) is 6.54 Å². The molecule has 0 bridgehead atoms. The summed E-state index contributed by atoms with van der Waals surface area (Å²) >= 11 is 6.05. The van der Waals surface area contributed by atoms with Crippen molar-refractivity contribution in [3.05, 3.63) is 29.3 Å². The van der Waals surface area contributed by atoms with Gasteiger partial charge in [0.25, 0.3) is 0 Å². The number of sulfone groups is 1. The summed E-state index contributed by atoms with van der Waals surface area (Å²) in [6, 6.07) is 7.06. The molecule has 1 aliphatic heterocycles. The Morgan fingerprint density at radius 3 is 2.64 bits per heavy atom. The number of nitrogens with one attached hydrogen (secondary N) is 1. The molecule has 2 fully saturated rings. The van der Waals surface area contributed by atoms with Gasteiger partial charge in [0.15, 0.2) is 9.84 Å². The maximum Gasteiger partial charge on any atom is 0.410 e. The van der Waals surface area contributed by atoms with E-state index in [1.807, 2.05) is 6.07 Å². The molecule has 0 unspecified atom stereocenters. The Balaban J connectivity index is 1.87. The largest absolute Gasteiger partial charge is 0.450 e. The zero-order valence-corrected chi connectivity index (χ0v) is 16.8. The van der Waals surface area contributed by atoms with Crippen LogP contribution >= 0.6 is 11.6 Å². The minimum Gasteiger partial charge on any atom is -0.450 e. The highest BCUT2D eigenvalue weighted by Crippen LogP contribution is 2.36. The first-order chi connectivity index (χ1) is 13.2. The summed E-state index contributed by atoms with van der Waals surface area (Å²) in [4.78, 5) is 26.1. The molecule has 1 aromatic carbocycles.